The second-order valence-electron chi connectivity index (χ2n) is 25.4. The van der Waals surface area contributed by atoms with Gasteiger partial charge in [-0.25, -0.2) is 29.9 Å². The fourth-order valence-corrected chi connectivity index (χ4v) is 7.91. The summed E-state index contributed by atoms with van der Waals surface area (Å²) in [7, 11) is 5.98. The Labute approximate surface area is 452 Å². The van der Waals surface area contributed by atoms with E-state index in [2.05, 4.69) is 227 Å². The van der Waals surface area contributed by atoms with E-state index in [4.69, 9.17) is 15.0 Å². The number of benzene rings is 3. The van der Waals surface area contributed by atoms with Crippen molar-refractivity contribution in [1.29, 1.82) is 0 Å². The van der Waals surface area contributed by atoms with E-state index in [9.17, 15) is 0 Å². The number of hydrogen-bond donors (Lipinski definition) is 0. The second kappa shape index (κ2) is 20.6. The third-order valence-electron chi connectivity index (χ3n) is 12.8. The van der Waals surface area contributed by atoms with Crippen LogP contribution >= 0.6 is 0 Å². The van der Waals surface area contributed by atoms with Gasteiger partial charge in [-0.2, -0.15) is 71.3 Å². The zero-order chi connectivity index (χ0) is 53.1. The first-order valence-electron chi connectivity index (χ1n) is 25.0. The smallest absolute Gasteiger partial charge is 0.144 e. The van der Waals surface area contributed by atoms with Crippen molar-refractivity contribution in [2.24, 2.45) is 0 Å². The van der Waals surface area contributed by atoms with Crippen molar-refractivity contribution >= 4 is 52.0 Å². The van der Waals surface area contributed by atoms with E-state index >= 15 is 0 Å². The number of anilines is 9. The van der Waals surface area contributed by atoms with Crippen molar-refractivity contribution < 1.29 is 20.1 Å². The van der Waals surface area contributed by atoms with E-state index in [0.29, 0.717) is 0 Å². The molecular formula is C60H78IrN12-6. The molecule has 0 unspecified atom stereocenters. The summed E-state index contributed by atoms with van der Waals surface area (Å²) >= 11 is 0. The first-order valence-corrected chi connectivity index (χ1v) is 25.0. The van der Waals surface area contributed by atoms with Gasteiger partial charge in [-0.1, -0.05) is 141 Å². The molecule has 3 aliphatic rings. The molecule has 0 saturated heterocycles. The van der Waals surface area contributed by atoms with Crippen molar-refractivity contribution in [2.45, 2.75) is 157 Å². The fourth-order valence-electron chi connectivity index (χ4n) is 7.91. The van der Waals surface area contributed by atoms with Gasteiger partial charge in [0.05, 0.1) is 35.7 Å². The molecule has 393 valence electrons. The van der Waals surface area contributed by atoms with E-state index in [1.54, 1.807) is 0 Å². The third-order valence-corrected chi connectivity index (χ3v) is 12.8. The van der Waals surface area contributed by atoms with Crippen LogP contribution in [-0.4, -0.2) is 51.0 Å². The van der Waals surface area contributed by atoms with Crippen LogP contribution in [0.5, 0.6) is 0 Å². The Kier molecular flexibility index (Phi) is 16.0. The zero-order valence-electron chi connectivity index (χ0n) is 47.4. The Balaban J connectivity index is 0.000000177. The predicted octanol–water partition coefficient (Wildman–Crippen LogP) is 13.7. The van der Waals surface area contributed by atoms with Crippen molar-refractivity contribution in [3.05, 3.63) is 145 Å². The van der Waals surface area contributed by atoms with Gasteiger partial charge in [0, 0.05) is 36.4 Å². The minimum absolute atomic E-state index is 0. The monoisotopic (exact) mass is 1160 g/mol. The van der Waals surface area contributed by atoms with Gasteiger partial charge in [0.2, 0.25) is 0 Å². The maximum atomic E-state index is 4.87. The molecule has 0 amide bonds. The number of fused-ring (bicyclic) bond motifs is 3. The van der Waals surface area contributed by atoms with Gasteiger partial charge in [-0.3, -0.25) is 0 Å². The number of rotatable bonds is 3. The summed E-state index contributed by atoms with van der Waals surface area (Å²) < 4.78 is 0. The molecule has 1 radical (unpaired) electrons. The molecule has 12 nitrogen and oxygen atoms in total. The SMILES string of the molecule is CN1[CH-]N(c2[c-]cc(C(C)(C)C)cc2)c2nc(C(C)(C)C)cnc21.CN1[CH-]N(c2[c-]cc(C(C)(C)C)cc2)c2nc(C(C)(C)C)cnc21.CN1[CH-]N(c2[c-]cc(C(C)(C)C)cc2)c2nc(C(C)(C)C)cnc21.[Ir]. The molecule has 73 heavy (non-hydrogen) atoms. The molecule has 3 aromatic carbocycles. The first-order chi connectivity index (χ1) is 33.2. The molecule has 0 bridgehead atoms. The van der Waals surface area contributed by atoms with E-state index in [1.807, 2.05) is 74.4 Å². The third kappa shape index (κ3) is 12.7. The summed E-state index contributed by atoms with van der Waals surface area (Å²) in [5.74, 6) is 5.21. The van der Waals surface area contributed by atoms with Crippen LogP contribution in [0.25, 0.3) is 0 Å². The summed E-state index contributed by atoms with van der Waals surface area (Å²) in [6.45, 7) is 45.3. The Hall–Kier alpha value is -5.65. The molecule has 13 heteroatoms. The van der Waals surface area contributed by atoms with Crippen LogP contribution in [0.1, 0.15) is 158 Å². The molecule has 0 aliphatic carbocycles. The van der Waals surface area contributed by atoms with Crippen LogP contribution in [0.4, 0.5) is 52.0 Å². The standard InChI is InChI=1S/3C20H26N4.Ir/c3*1-19(2,3)14-8-10-15(11-9-14)24-13-23(7)17-18(24)22-16(12-21-17)20(4,5)6;/h3*8-10,12-13H,1-7H3;/q3*-2;. The van der Waals surface area contributed by atoms with E-state index in [0.717, 1.165) is 69.1 Å². The summed E-state index contributed by atoms with van der Waals surface area (Å²) in [5, 5.41) is 0. The van der Waals surface area contributed by atoms with Crippen LogP contribution in [0.2, 0.25) is 0 Å². The summed E-state index contributed by atoms with van der Waals surface area (Å²) in [4.78, 5) is 40.7. The van der Waals surface area contributed by atoms with Crippen LogP contribution in [0.3, 0.4) is 0 Å². The van der Waals surface area contributed by atoms with Crippen LogP contribution in [0.15, 0.2) is 73.2 Å². The molecule has 3 aromatic heterocycles. The normalized spacial score (nSPS) is 14.8. The maximum Gasteiger partial charge on any atom is 0.144 e. The van der Waals surface area contributed by atoms with E-state index in [1.165, 1.54) is 16.7 Å². The van der Waals surface area contributed by atoms with Gasteiger partial charge in [0.15, 0.2) is 0 Å². The van der Waals surface area contributed by atoms with Crippen molar-refractivity contribution in [2.75, 3.05) is 50.5 Å². The number of hydrogen-bond acceptors (Lipinski definition) is 12. The minimum atomic E-state index is -0.0331. The second-order valence-corrected chi connectivity index (χ2v) is 25.4. The maximum absolute atomic E-state index is 4.87. The topological polar surface area (TPSA) is 96.8 Å². The Bertz CT molecular complexity index is 2530. The molecule has 3 aliphatic heterocycles. The Morgan fingerprint density at radius 1 is 0.342 bits per heavy atom. The average Bonchev–Trinajstić information content (AvgIpc) is 3.94. The first kappa shape index (κ1) is 56.6. The van der Waals surface area contributed by atoms with Crippen molar-refractivity contribution in [1.82, 2.24) is 29.9 Å². The molecule has 6 heterocycles. The van der Waals surface area contributed by atoms with Crippen LogP contribution < -0.4 is 29.4 Å². The van der Waals surface area contributed by atoms with E-state index < -0.39 is 0 Å². The Morgan fingerprint density at radius 2 is 0.575 bits per heavy atom. The minimum Gasteiger partial charge on any atom is -0.487 e. The van der Waals surface area contributed by atoms with Gasteiger partial charge in [0.1, 0.15) is 34.9 Å². The molecule has 0 saturated carbocycles. The summed E-state index contributed by atoms with van der Waals surface area (Å²) in [6.07, 6.45) is 5.62. The number of aromatic nitrogens is 6. The quantitative estimate of drug-likeness (QED) is 0.158. The van der Waals surface area contributed by atoms with Gasteiger partial charge >= 0.3 is 0 Å². The Morgan fingerprint density at radius 3 is 0.753 bits per heavy atom. The molecule has 9 rings (SSSR count). The predicted molar refractivity (Wildman–Crippen MR) is 299 cm³/mol. The van der Waals surface area contributed by atoms with Gasteiger partial charge < -0.3 is 29.4 Å². The molecule has 0 N–H and O–H groups in total. The van der Waals surface area contributed by atoms with Crippen LogP contribution in [-0.2, 0) is 52.6 Å². The largest absolute Gasteiger partial charge is 0.487 e. The summed E-state index contributed by atoms with van der Waals surface area (Å²) in [5.41, 5.74) is 9.99. The van der Waals surface area contributed by atoms with E-state index in [-0.39, 0.29) is 52.6 Å². The zero-order valence-corrected chi connectivity index (χ0v) is 49.8. The molecule has 0 spiro atoms. The van der Waals surface area contributed by atoms with Gasteiger partial charge in [0.25, 0.3) is 0 Å². The molecule has 0 fully saturated rings. The van der Waals surface area contributed by atoms with Gasteiger partial charge in [-0.15, -0.1) is 55.3 Å². The van der Waals surface area contributed by atoms with Crippen molar-refractivity contribution in [3.8, 4) is 0 Å². The average molecular weight is 1160 g/mol. The van der Waals surface area contributed by atoms with Crippen LogP contribution in [0, 0.1) is 38.2 Å². The fraction of sp³-hybridized carbons (Fsp3) is 0.450. The summed E-state index contributed by atoms with van der Waals surface area (Å²) in [6, 6.07) is 29.2. The molecular weight excluding hydrogens is 1080 g/mol. The molecule has 0 atom stereocenters. The van der Waals surface area contributed by atoms with Gasteiger partial charge in [-0.05, 0) is 21.1 Å². The molecule has 6 aromatic rings. The van der Waals surface area contributed by atoms with Crippen molar-refractivity contribution in [3.63, 3.8) is 0 Å². The number of nitrogens with zero attached hydrogens (tertiary/aromatic N) is 12.